The molecule has 0 spiro atoms. The van der Waals surface area contributed by atoms with Crippen molar-refractivity contribution < 1.29 is 4.74 Å². The highest BCUT2D eigenvalue weighted by molar-refractivity contribution is 5.20. The monoisotopic (exact) mass is 111 g/mol. The summed E-state index contributed by atoms with van der Waals surface area (Å²) in [6.45, 7) is 3.48. The van der Waals surface area contributed by atoms with Gasteiger partial charge in [0, 0.05) is 0 Å². The molecule has 0 heterocycles. The van der Waals surface area contributed by atoms with Crippen LogP contribution in [0.25, 0.3) is 0 Å². The topological polar surface area (TPSA) is 33.0 Å². The van der Waals surface area contributed by atoms with Gasteiger partial charge in [-0.2, -0.15) is 5.26 Å². The maximum absolute atomic E-state index is 8.25. The lowest BCUT2D eigenvalue weighted by molar-refractivity contribution is 0.290. The molecule has 0 fully saturated rings. The van der Waals surface area contributed by atoms with E-state index >= 15 is 0 Å². The van der Waals surface area contributed by atoms with Crippen molar-refractivity contribution in [1.29, 1.82) is 5.26 Å². The van der Waals surface area contributed by atoms with Crippen molar-refractivity contribution in [2.75, 3.05) is 7.11 Å². The van der Waals surface area contributed by atoms with Crippen molar-refractivity contribution in [2.45, 2.75) is 13.8 Å². The van der Waals surface area contributed by atoms with Crippen LogP contribution >= 0.6 is 0 Å². The molecule has 2 nitrogen and oxygen atoms in total. The Morgan fingerprint density at radius 1 is 1.50 bits per heavy atom. The molecule has 0 rings (SSSR count). The lowest BCUT2D eigenvalue weighted by atomic mass is 10.3. The molecular formula is C6H9NO. The predicted molar refractivity (Wildman–Crippen MR) is 31.0 cm³/mol. The molecule has 0 N–H and O–H groups in total. The molecule has 0 aliphatic heterocycles. The van der Waals surface area contributed by atoms with Crippen LogP contribution in [0.3, 0.4) is 0 Å². The van der Waals surface area contributed by atoms with Crippen LogP contribution in [-0.4, -0.2) is 7.11 Å². The third-order valence-corrected chi connectivity index (χ3v) is 1.00. The summed E-state index contributed by atoms with van der Waals surface area (Å²) in [6.07, 6.45) is 0. The van der Waals surface area contributed by atoms with Gasteiger partial charge >= 0.3 is 0 Å². The van der Waals surface area contributed by atoms with Gasteiger partial charge < -0.3 is 4.74 Å². The first-order chi connectivity index (χ1) is 3.72. The maximum atomic E-state index is 8.25. The summed E-state index contributed by atoms with van der Waals surface area (Å²) in [5.74, 6) is 0.688. The lowest BCUT2D eigenvalue weighted by Gasteiger charge is -1.96. The van der Waals surface area contributed by atoms with Crippen LogP contribution < -0.4 is 0 Å². The smallest absolute Gasteiger partial charge is 0.106 e. The van der Waals surface area contributed by atoms with Gasteiger partial charge in [-0.1, -0.05) is 0 Å². The zero-order chi connectivity index (χ0) is 6.57. The molecule has 0 radical (unpaired) electrons. The first kappa shape index (κ1) is 7.03. The van der Waals surface area contributed by atoms with Crippen molar-refractivity contribution >= 4 is 0 Å². The van der Waals surface area contributed by atoms with Crippen LogP contribution in [0.4, 0.5) is 0 Å². The Morgan fingerprint density at radius 3 is 2.12 bits per heavy atom. The van der Waals surface area contributed by atoms with Crippen molar-refractivity contribution in [3.63, 3.8) is 0 Å². The molecule has 2 heteroatoms. The third-order valence-electron chi connectivity index (χ3n) is 1.00. The molecular weight excluding hydrogens is 102 g/mol. The van der Waals surface area contributed by atoms with E-state index in [1.165, 1.54) is 0 Å². The number of nitrogens with zero attached hydrogens (tertiary/aromatic N) is 1. The van der Waals surface area contributed by atoms with E-state index in [0.29, 0.717) is 11.3 Å². The second-order valence-electron chi connectivity index (χ2n) is 1.50. The number of methoxy groups -OCH3 is 1. The zero-order valence-corrected chi connectivity index (χ0v) is 5.36. The first-order valence-corrected chi connectivity index (χ1v) is 2.34. The van der Waals surface area contributed by atoms with E-state index in [9.17, 15) is 0 Å². The lowest BCUT2D eigenvalue weighted by Crippen LogP contribution is -1.82. The highest BCUT2D eigenvalue weighted by Gasteiger charge is 1.90. The normalized spacial score (nSPS) is 11.8. The SMILES string of the molecule is COC(C)=C(C)C#N. The summed E-state index contributed by atoms with van der Waals surface area (Å²) in [7, 11) is 1.55. The molecule has 0 aliphatic carbocycles. The number of hydrogen-bond acceptors (Lipinski definition) is 2. The summed E-state index contributed by atoms with van der Waals surface area (Å²) in [5, 5.41) is 8.25. The molecule has 0 saturated heterocycles. The van der Waals surface area contributed by atoms with Gasteiger partial charge in [0.2, 0.25) is 0 Å². The molecule has 0 bridgehead atoms. The average Bonchev–Trinajstić information content (AvgIpc) is 1.84. The fourth-order valence-electron chi connectivity index (χ4n) is 0.232. The average molecular weight is 111 g/mol. The second-order valence-corrected chi connectivity index (χ2v) is 1.50. The zero-order valence-electron chi connectivity index (χ0n) is 5.36. The van der Waals surface area contributed by atoms with Gasteiger partial charge in [-0.15, -0.1) is 0 Å². The van der Waals surface area contributed by atoms with Gasteiger partial charge in [0.1, 0.15) is 5.76 Å². The van der Waals surface area contributed by atoms with Crippen molar-refractivity contribution in [3.8, 4) is 6.07 Å². The van der Waals surface area contributed by atoms with Crippen molar-refractivity contribution in [3.05, 3.63) is 11.3 Å². The maximum Gasteiger partial charge on any atom is 0.106 e. The Morgan fingerprint density at radius 2 is 2.00 bits per heavy atom. The van der Waals surface area contributed by atoms with E-state index in [-0.39, 0.29) is 0 Å². The molecule has 0 aromatic heterocycles. The van der Waals surface area contributed by atoms with Gasteiger partial charge in [0.05, 0.1) is 18.8 Å². The van der Waals surface area contributed by atoms with E-state index in [1.807, 2.05) is 6.07 Å². The molecule has 0 saturated carbocycles. The van der Waals surface area contributed by atoms with E-state index in [4.69, 9.17) is 10.00 Å². The molecule has 0 aliphatic rings. The van der Waals surface area contributed by atoms with Crippen LogP contribution in [0.5, 0.6) is 0 Å². The van der Waals surface area contributed by atoms with Crippen LogP contribution in [0.15, 0.2) is 11.3 Å². The minimum atomic E-state index is 0.632. The quantitative estimate of drug-likeness (QED) is 0.379. The summed E-state index contributed by atoms with van der Waals surface area (Å²) in [6, 6.07) is 1.97. The van der Waals surface area contributed by atoms with Gasteiger partial charge in [0.15, 0.2) is 0 Å². The van der Waals surface area contributed by atoms with Crippen molar-refractivity contribution in [1.82, 2.24) is 0 Å². The number of ether oxygens (including phenoxy) is 1. The van der Waals surface area contributed by atoms with Crippen LogP contribution in [0, 0.1) is 11.3 Å². The summed E-state index contributed by atoms with van der Waals surface area (Å²) < 4.78 is 4.76. The van der Waals surface area contributed by atoms with E-state index < -0.39 is 0 Å². The summed E-state index contributed by atoms with van der Waals surface area (Å²) >= 11 is 0. The molecule has 0 aromatic rings. The fraction of sp³-hybridized carbons (Fsp3) is 0.500. The fourth-order valence-corrected chi connectivity index (χ4v) is 0.232. The Kier molecular flexibility index (Phi) is 2.71. The highest BCUT2D eigenvalue weighted by Crippen LogP contribution is 1.99. The third kappa shape index (κ3) is 1.65. The molecule has 0 amide bonds. The Bertz CT molecular complexity index is 141. The molecule has 0 atom stereocenters. The molecule has 8 heavy (non-hydrogen) atoms. The number of nitriles is 1. The number of rotatable bonds is 1. The molecule has 0 aromatic carbocycles. The van der Waals surface area contributed by atoms with Gasteiger partial charge in [0.25, 0.3) is 0 Å². The Hall–Kier alpha value is -0.970. The summed E-state index contributed by atoms with van der Waals surface area (Å²) in [4.78, 5) is 0. The Labute approximate surface area is 49.4 Å². The standard InChI is InChI=1S/C6H9NO/c1-5(4-7)6(2)8-3/h1-3H3. The van der Waals surface area contributed by atoms with Gasteiger partial charge in [-0.25, -0.2) is 0 Å². The largest absolute Gasteiger partial charge is 0.500 e. The number of hydrogen-bond donors (Lipinski definition) is 0. The predicted octanol–water partition coefficient (Wildman–Crippen LogP) is 1.45. The van der Waals surface area contributed by atoms with Gasteiger partial charge in [-0.05, 0) is 13.8 Å². The van der Waals surface area contributed by atoms with E-state index in [1.54, 1.807) is 21.0 Å². The molecule has 0 unspecified atom stereocenters. The van der Waals surface area contributed by atoms with Crippen molar-refractivity contribution in [2.24, 2.45) is 0 Å². The van der Waals surface area contributed by atoms with Crippen LogP contribution in [0.1, 0.15) is 13.8 Å². The number of allylic oxidation sites excluding steroid dienone is 2. The van der Waals surface area contributed by atoms with E-state index in [2.05, 4.69) is 0 Å². The minimum Gasteiger partial charge on any atom is -0.500 e. The highest BCUT2D eigenvalue weighted by atomic mass is 16.5. The van der Waals surface area contributed by atoms with Gasteiger partial charge in [-0.3, -0.25) is 0 Å². The summed E-state index contributed by atoms with van der Waals surface area (Å²) in [5.41, 5.74) is 0.632. The van der Waals surface area contributed by atoms with E-state index in [0.717, 1.165) is 0 Å². The van der Waals surface area contributed by atoms with Crippen LogP contribution in [0.2, 0.25) is 0 Å². The molecule has 44 valence electrons. The van der Waals surface area contributed by atoms with Crippen LogP contribution in [-0.2, 0) is 4.74 Å². The minimum absolute atomic E-state index is 0.632. The Balaban J connectivity index is 4.10. The first-order valence-electron chi connectivity index (χ1n) is 2.34. The second kappa shape index (κ2) is 3.09.